The molecule has 0 aromatic carbocycles. The Balaban J connectivity index is 2.18. The first-order valence-electron chi connectivity index (χ1n) is 8.40. The van der Waals surface area contributed by atoms with E-state index in [0.717, 1.165) is 24.7 Å². The first-order valence-corrected chi connectivity index (χ1v) is 8.40. The van der Waals surface area contributed by atoms with Crippen molar-refractivity contribution in [2.24, 2.45) is 18.9 Å². The lowest BCUT2D eigenvalue weighted by molar-refractivity contribution is 0.548. The minimum atomic E-state index is 0.518. The fourth-order valence-electron chi connectivity index (χ4n) is 2.86. The molecule has 1 N–H and O–H groups in total. The van der Waals surface area contributed by atoms with E-state index in [4.69, 9.17) is 0 Å². The number of rotatable bonds is 8. The van der Waals surface area contributed by atoms with Gasteiger partial charge in [-0.15, -0.1) is 0 Å². The van der Waals surface area contributed by atoms with Gasteiger partial charge >= 0.3 is 0 Å². The summed E-state index contributed by atoms with van der Waals surface area (Å²) < 4.78 is 2.07. The number of aromatic nitrogens is 2. The molecule has 1 heterocycles. The van der Waals surface area contributed by atoms with Crippen molar-refractivity contribution in [2.75, 3.05) is 18.0 Å². The first kappa shape index (κ1) is 16.3. The molecule has 0 atom stereocenters. The van der Waals surface area contributed by atoms with Crippen LogP contribution in [0.15, 0.2) is 0 Å². The quantitative estimate of drug-likeness (QED) is 0.799. The zero-order valence-electron chi connectivity index (χ0n) is 14.6. The van der Waals surface area contributed by atoms with Crippen molar-refractivity contribution in [2.45, 2.75) is 60.0 Å². The van der Waals surface area contributed by atoms with Gasteiger partial charge in [-0.2, -0.15) is 5.10 Å². The van der Waals surface area contributed by atoms with Crippen LogP contribution in [0, 0.1) is 18.8 Å². The van der Waals surface area contributed by atoms with Gasteiger partial charge in [0, 0.05) is 31.7 Å². The van der Waals surface area contributed by atoms with E-state index < -0.39 is 0 Å². The number of anilines is 1. The number of nitrogens with zero attached hydrogens (tertiary/aromatic N) is 3. The molecule has 1 aliphatic carbocycles. The van der Waals surface area contributed by atoms with Gasteiger partial charge in [-0.3, -0.25) is 4.68 Å². The number of aryl methyl sites for hydroxylation is 2. The minimum absolute atomic E-state index is 0.518. The molecule has 1 saturated carbocycles. The van der Waals surface area contributed by atoms with Crippen LogP contribution in [0.4, 0.5) is 5.82 Å². The molecule has 2 rings (SSSR count). The number of hydrogen-bond acceptors (Lipinski definition) is 3. The normalized spacial score (nSPS) is 15.2. The molecule has 1 aliphatic rings. The lowest BCUT2D eigenvalue weighted by atomic mass is 10.1. The summed E-state index contributed by atoms with van der Waals surface area (Å²) in [6.07, 6.45) is 2.78. The van der Waals surface area contributed by atoms with Crippen molar-refractivity contribution in [1.29, 1.82) is 0 Å². The molecule has 0 spiro atoms. The van der Waals surface area contributed by atoms with Crippen molar-refractivity contribution < 1.29 is 0 Å². The summed E-state index contributed by atoms with van der Waals surface area (Å²) in [6, 6.07) is 0.518. The summed E-state index contributed by atoms with van der Waals surface area (Å²) in [6.45, 7) is 14.3. The van der Waals surface area contributed by atoms with Gasteiger partial charge in [-0.05, 0) is 52.0 Å². The molecule has 4 nitrogen and oxygen atoms in total. The Morgan fingerprint density at radius 1 is 1.29 bits per heavy atom. The van der Waals surface area contributed by atoms with Gasteiger partial charge in [0.2, 0.25) is 0 Å². The molecule has 120 valence electrons. The molecule has 1 aromatic heterocycles. The van der Waals surface area contributed by atoms with Crippen LogP contribution in [0.25, 0.3) is 0 Å². The maximum Gasteiger partial charge on any atom is 0.131 e. The van der Waals surface area contributed by atoms with Crippen LogP contribution in [-0.2, 0) is 13.6 Å². The predicted octanol–water partition coefficient (Wildman–Crippen LogP) is 3.10. The Bertz CT molecular complexity index is 458. The van der Waals surface area contributed by atoms with Crippen molar-refractivity contribution in [3.8, 4) is 0 Å². The Kier molecular flexibility index (Phi) is 5.31. The summed E-state index contributed by atoms with van der Waals surface area (Å²) in [7, 11) is 2.08. The molecule has 0 saturated heterocycles. The van der Waals surface area contributed by atoms with Crippen LogP contribution in [0.5, 0.6) is 0 Å². The Morgan fingerprint density at radius 2 is 1.95 bits per heavy atom. The van der Waals surface area contributed by atoms with Crippen LogP contribution in [-0.4, -0.2) is 28.9 Å². The van der Waals surface area contributed by atoms with Crippen LogP contribution >= 0.6 is 0 Å². The molecule has 0 bridgehead atoms. The second-order valence-electron chi connectivity index (χ2n) is 7.23. The topological polar surface area (TPSA) is 33.1 Å². The SMILES string of the molecule is Cc1nn(C)c(N(CC2CC2)C(C)C)c1CNCC(C)C. The maximum atomic E-state index is 4.67. The van der Waals surface area contributed by atoms with E-state index in [1.165, 1.54) is 30.8 Å². The number of nitrogens with one attached hydrogen (secondary N) is 1. The fourth-order valence-corrected chi connectivity index (χ4v) is 2.86. The molecular weight excluding hydrogens is 260 g/mol. The zero-order chi connectivity index (χ0) is 15.6. The number of hydrogen-bond donors (Lipinski definition) is 1. The third-order valence-electron chi connectivity index (χ3n) is 4.21. The lowest BCUT2D eigenvalue weighted by Crippen LogP contribution is -2.35. The van der Waals surface area contributed by atoms with E-state index in [1.54, 1.807) is 0 Å². The Labute approximate surface area is 129 Å². The van der Waals surface area contributed by atoms with Crippen LogP contribution in [0.2, 0.25) is 0 Å². The van der Waals surface area contributed by atoms with Gasteiger partial charge < -0.3 is 10.2 Å². The Morgan fingerprint density at radius 3 is 2.48 bits per heavy atom. The van der Waals surface area contributed by atoms with Crippen LogP contribution in [0.1, 0.15) is 51.8 Å². The average molecular weight is 292 g/mol. The van der Waals surface area contributed by atoms with Gasteiger partial charge in [0.1, 0.15) is 5.82 Å². The zero-order valence-corrected chi connectivity index (χ0v) is 14.6. The molecule has 1 aromatic rings. The molecule has 21 heavy (non-hydrogen) atoms. The molecule has 0 radical (unpaired) electrons. The van der Waals surface area contributed by atoms with Crippen molar-refractivity contribution in [3.63, 3.8) is 0 Å². The van der Waals surface area contributed by atoms with Gasteiger partial charge in [0.25, 0.3) is 0 Å². The molecule has 1 fully saturated rings. The van der Waals surface area contributed by atoms with Gasteiger partial charge in [-0.1, -0.05) is 13.8 Å². The van der Waals surface area contributed by atoms with Gasteiger partial charge in [0.15, 0.2) is 0 Å². The van der Waals surface area contributed by atoms with E-state index in [-0.39, 0.29) is 0 Å². The summed E-state index contributed by atoms with van der Waals surface area (Å²) in [5.74, 6) is 2.88. The molecule has 0 aliphatic heterocycles. The minimum Gasteiger partial charge on any atom is -0.354 e. The third-order valence-corrected chi connectivity index (χ3v) is 4.21. The Hall–Kier alpha value is -1.03. The smallest absolute Gasteiger partial charge is 0.131 e. The summed E-state index contributed by atoms with van der Waals surface area (Å²) in [5, 5.41) is 8.25. The largest absolute Gasteiger partial charge is 0.354 e. The van der Waals surface area contributed by atoms with E-state index in [2.05, 4.69) is 61.7 Å². The molecule has 0 unspecified atom stereocenters. The highest BCUT2D eigenvalue weighted by atomic mass is 15.4. The third kappa shape index (κ3) is 4.22. The van der Waals surface area contributed by atoms with Gasteiger partial charge in [0.05, 0.1) is 5.69 Å². The van der Waals surface area contributed by atoms with Crippen LogP contribution < -0.4 is 10.2 Å². The maximum absolute atomic E-state index is 4.67. The molecular formula is C17H32N4. The van der Waals surface area contributed by atoms with Crippen molar-refractivity contribution in [3.05, 3.63) is 11.3 Å². The predicted molar refractivity (Wildman–Crippen MR) is 89.7 cm³/mol. The summed E-state index contributed by atoms with van der Waals surface area (Å²) >= 11 is 0. The average Bonchev–Trinajstić information content (AvgIpc) is 3.14. The molecule has 0 amide bonds. The lowest BCUT2D eigenvalue weighted by Gasteiger charge is -2.30. The second kappa shape index (κ2) is 6.82. The van der Waals surface area contributed by atoms with E-state index >= 15 is 0 Å². The monoisotopic (exact) mass is 292 g/mol. The first-order chi connectivity index (χ1) is 9.90. The van der Waals surface area contributed by atoms with E-state index in [1.807, 2.05) is 0 Å². The van der Waals surface area contributed by atoms with E-state index in [9.17, 15) is 0 Å². The standard InChI is InChI=1S/C17H32N4/c1-12(2)9-18-10-16-14(5)19-20(6)17(16)21(13(3)4)11-15-7-8-15/h12-13,15,18H,7-11H2,1-6H3. The van der Waals surface area contributed by atoms with Crippen LogP contribution in [0.3, 0.4) is 0 Å². The van der Waals surface area contributed by atoms with Gasteiger partial charge in [-0.25, -0.2) is 0 Å². The second-order valence-corrected chi connectivity index (χ2v) is 7.23. The summed E-state index contributed by atoms with van der Waals surface area (Å²) in [4.78, 5) is 2.55. The highest BCUT2D eigenvalue weighted by Gasteiger charge is 2.29. The fraction of sp³-hybridized carbons (Fsp3) is 0.824. The van der Waals surface area contributed by atoms with Crippen molar-refractivity contribution in [1.82, 2.24) is 15.1 Å². The summed E-state index contributed by atoms with van der Waals surface area (Å²) in [5.41, 5.74) is 2.53. The van der Waals surface area contributed by atoms with E-state index in [0.29, 0.717) is 12.0 Å². The highest BCUT2D eigenvalue weighted by molar-refractivity contribution is 5.51. The molecule has 4 heteroatoms. The highest BCUT2D eigenvalue weighted by Crippen LogP contribution is 2.34. The van der Waals surface area contributed by atoms with Crippen molar-refractivity contribution >= 4 is 5.82 Å².